The molecule has 0 saturated carbocycles. The van der Waals surface area contributed by atoms with E-state index in [9.17, 15) is 9.59 Å². The fourth-order valence-electron chi connectivity index (χ4n) is 2.61. The molecule has 2 aromatic rings. The van der Waals surface area contributed by atoms with Gasteiger partial charge in [-0.05, 0) is 51.5 Å². The number of hydrogen-bond donors (Lipinski definition) is 1. The molecule has 0 unspecified atom stereocenters. The van der Waals surface area contributed by atoms with E-state index >= 15 is 0 Å². The lowest BCUT2D eigenvalue weighted by Gasteiger charge is -2.31. The summed E-state index contributed by atoms with van der Waals surface area (Å²) in [5, 5.41) is 3.54. The quantitative estimate of drug-likeness (QED) is 0.659. The predicted molar refractivity (Wildman–Crippen MR) is 117 cm³/mol. The zero-order valence-electron chi connectivity index (χ0n) is 16.7. The highest BCUT2D eigenvalue weighted by atomic mass is 35.5. The third kappa shape index (κ3) is 6.88. The smallest absolute Gasteiger partial charge is 0.242 e. The monoisotopic (exact) mass is 418 g/mol. The van der Waals surface area contributed by atoms with Gasteiger partial charge in [0.25, 0.3) is 0 Å². The molecule has 0 heterocycles. The summed E-state index contributed by atoms with van der Waals surface area (Å²) in [5.41, 5.74) is 0.445. The molecule has 0 aliphatic rings. The Morgan fingerprint density at radius 2 is 1.68 bits per heavy atom. The van der Waals surface area contributed by atoms with E-state index in [1.807, 2.05) is 69.3 Å². The number of thioether (sulfide) groups is 1. The highest BCUT2D eigenvalue weighted by Gasteiger charge is 2.28. The number of nitrogens with zero attached hydrogens (tertiary/aromatic N) is 1. The standard InChI is InChI=1S/C22H27ClN2O2S/c1-16(21(27)24-22(2,3)4)25(14-17-10-8-9-13-19(17)23)20(26)15-28-18-11-6-5-7-12-18/h5-13,16H,14-15H2,1-4H3,(H,24,27)/t16-/m1/s1. The molecule has 150 valence electrons. The van der Waals surface area contributed by atoms with E-state index in [1.165, 1.54) is 11.8 Å². The lowest BCUT2D eigenvalue weighted by atomic mass is 10.1. The molecule has 0 aliphatic carbocycles. The van der Waals surface area contributed by atoms with Crippen LogP contribution >= 0.6 is 23.4 Å². The van der Waals surface area contributed by atoms with Crippen molar-refractivity contribution in [1.29, 1.82) is 0 Å². The molecule has 1 N–H and O–H groups in total. The number of halogens is 1. The topological polar surface area (TPSA) is 49.4 Å². The van der Waals surface area contributed by atoms with Gasteiger partial charge in [-0.2, -0.15) is 0 Å². The zero-order chi connectivity index (χ0) is 20.7. The normalized spacial score (nSPS) is 12.3. The molecular formula is C22H27ClN2O2S. The second kappa shape index (κ2) is 9.99. The molecule has 0 aromatic heterocycles. The second-order valence-corrected chi connectivity index (χ2v) is 9.09. The van der Waals surface area contributed by atoms with Crippen LogP contribution in [-0.4, -0.2) is 34.0 Å². The average Bonchev–Trinajstić information content (AvgIpc) is 2.64. The number of hydrogen-bond acceptors (Lipinski definition) is 3. The van der Waals surface area contributed by atoms with Crippen LogP contribution in [0.1, 0.15) is 33.3 Å². The van der Waals surface area contributed by atoms with Crippen LogP contribution in [0.25, 0.3) is 0 Å². The third-order valence-corrected chi connectivity index (χ3v) is 5.44. The van der Waals surface area contributed by atoms with E-state index in [4.69, 9.17) is 11.6 Å². The van der Waals surface area contributed by atoms with Crippen LogP contribution < -0.4 is 5.32 Å². The van der Waals surface area contributed by atoms with Gasteiger partial charge >= 0.3 is 0 Å². The van der Waals surface area contributed by atoms with E-state index in [2.05, 4.69) is 5.32 Å². The molecule has 0 aliphatic heterocycles. The van der Waals surface area contributed by atoms with Crippen LogP contribution in [-0.2, 0) is 16.1 Å². The van der Waals surface area contributed by atoms with Crippen molar-refractivity contribution < 1.29 is 9.59 Å². The van der Waals surface area contributed by atoms with Gasteiger partial charge in [-0.15, -0.1) is 11.8 Å². The molecule has 2 amide bonds. The van der Waals surface area contributed by atoms with Gasteiger partial charge in [-0.1, -0.05) is 48.0 Å². The molecule has 2 rings (SSSR count). The SMILES string of the molecule is C[C@H](C(=O)NC(C)(C)C)N(Cc1ccccc1Cl)C(=O)CSc1ccccc1. The lowest BCUT2D eigenvalue weighted by Crippen LogP contribution is -2.52. The van der Waals surface area contributed by atoms with Crippen molar-refractivity contribution in [2.24, 2.45) is 0 Å². The van der Waals surface area contributed by atoms with Crippen LogP contribution in [0.4, 0.5) is 0 Å². The molecule has 28 heavy (non-hydrogen) atoms. The molecule has 2 aromatic carbocycles. The highest BCUT2D eigenvalue weighted by Crippen LogP contribution is 2.22. The Kier molecular flexibility index (Phi) is 7.96. The predicted octanol–water partition coefficient (Wildman–Crippen LogP) is 4.76. The van der Waals surface area contributed by atoms with E-state index < -0.39 is 6.04 Å². The number of carbonyl (C=O) groups excluding carboxylic acids is 2. The van der Waals surface area contributed by atoms with Gasteiger partial charge in [-0.3, -0.25) is 9.59 Å². The Hall–Kier alpha value is -1.98. The van der Waals surface area contributed by atoms with Crippen LogP contribution in [0.3, 0.4) is 0 Å². The van der Waals surface area contributed by atoms with Gasteiger partial charge in [-0.25, -0.2) is 0 Å². The number of nitrogens with one attached hydrogen (secondary N) is 1. The minimum atomic E-state index is -0.612. The molecule has 6 heteroatoms. The van der Waals surface area contributed by atoms with Gasteiger partial charge in [0, 0.05) is 22.0 Å². The van der Waals surface area contributed by atoms with E-state index in [1.54, 1.807) is 17.9 Å². The molecule has 0 saturated heterocycles. The van der Waals surface area contributed by atoms with Crippen LogP contribution in [0, 0.1) is 0 Å². The Bertz CT molecular complexity index is 806. The van der Waals surface area contributed by atoms with Crippen LogP contribution in [0.2, 0.25) is 5.02 Å². The Morgan fingerprint density at radius 3 is 2.29 bits per heavy atom. The summed E-state index contributed by atoms with van der Waals surface area (Å²) < 4.78 is 0. The molecule has 0 radical (unpaired) electrons. The zero-order valence-corrected chi connectivity index (χ0v) is 18.3. The third-order valence-electron chi connectivity index (χ3n) is 4.07. The maximum Gasteiger partial charge on any atom is 0.242 e. The van der Waals surface area contributed by atoms with E-state index in [-0.39, 0.29) is 29.7 Å². The lowest BCUT2D eigenvalue weighted by molar-refractivity contribution is -0.139. The van der Waals surface area contributed by atoms with Crippen LogP contribution in [0.15, 0.2) is 59.5 Å². The maximum atomic E-state index is 13.0. The first-order valence-corrected chi connectivity index (χ1v) is 10.6. The first-order chi connectivity index (χ1) is 13.2. The first kappa shape index (κ1) is 22.3. The van der Waals surface area contributed by atoms with E-state index in [0.29, 0.717) is 5.02 Å². The summed E-state index contributed by atoms with van der Waals surface area (Å²) in [6, 6.07) is 16.5. The minimum Gasteiger partial charge on any atom is -0.350 e. The van der Waals surface area contributed by atoms with Crippen molar-refractivity contribution in [3.8, 4) is 0 Å². The number of amides is 2. The molecule has 4 nitrogen and oxygen atoms in total. The van der Waals surface area contributed by atoms with Gasteiger partial charge in [0.2, 0.25) is 11.8 Å². The fourth-order valence-corrected chi connectivity index (χ4v) is 3.61. The number of carbonyl (C=O) groups is 2. The van der Waals surface area contributed by atoms with Crippen molar-refractivity contribution >= 4 is 35.2 Å². The Morgan fingerprint density at radius 1 is 1.07 bits per heavy atom. The van der Waals surface area contributed by atoms with Crippen molar-refractivity contribution in [3.63, 3.8) is 0 Å². The minimum absolute atomic E-state index is 0.106. The second-order valence-electron chi connectivity index (χ2n) is 7.63. The van der Waals surface area contributed by atoms with Crippen molar-refractivity contribution in [2.75, 3.05) is 5.75 Å². The summed E-state index contributed by atoms with van der Waals surface area (Å²) in [6.45, 7) is 7.80. The maximum absolute atomic E-state index is 13.0. The fraction of sp³-hybridized carbons (Fsp3) is 0.364. The van der Waals surface area contributed by atoms with Gasteiger partial charge in [0.05, 0.1) is 5.75 Å². The molecule has 0 spiro atoms. The summed E-state index contributed by atoms with van der Waals surface area (Å²) in [7, 11) is 0. The van der Waals surface area contributed by atoms with Gasteiger partial charge in [0.15, 0.2) is 0 Å². The summed E-state index contributed by atoms with van der Waals surface area (Å²) in [4.78, 5) is 28.3. The van der Waals surface area contributed by atoms with Crippen LogP contribution in [0.5, 0.6) is 0 Å². The largest absolute Gasteiger partial charge is 0.350 e. The van der Waals surface area contributed by atoms with Gasteiger partial charge in [0.1, 0.15) is 6.04 Å². The first-order valence-electron chi connectivity index (χ1n) is 9.20. The molecule has 0 fully saturated rings. The van der Waals surface area contributed by atoms with Crippen molar-refractivity contribution in [2.45, 2.75) is 50.7 Å². The Labute approximate surface area is 176 Å². The molecular weight excluding hydrogens is 392 g/mol. The molecule has 0 bridgehead atoms. The van der Waals surface area contributed by atoms with Crippen molar-refractivity contribution in [1.82, 2.24) is 10.2 Å². The van der Waals surface area contributed by atoms with E-state index in [0.717, 1.165) is 10.5 Å². The summed E-state index contributed by atoms with van der Waals surface area (Å²) in [6.07, 6.45) is 0. The summed E-state index contributed by atoms with van der Waals surface area (Å²) >= 11 is 7.75. The highest BCUT2D eigenvalue weighted by molar-refractivity contribution is 8.00. The number of rotatable bonds is 7. The average molecular weight is 419 g/mol. The molecule has 1 atom stereocenters. The summed E-state index contributed by atoms with van der Waals surface area (Å²) in [5.74, 6) is -0.0373. The van der Waals surface area contributed by atoms with Crippen molar-refractivity contribution in [3.05, 3.63) is 65.2 Å². The van der Waals surface area contributed by atoms with Gasteiger partial charge < -0.3 is 10.2 Å². The number of benzene rings is 2. The Balaban J connectivity index is 2.18.